The summed E-state index contributed by atoms with van der Waals surface area (Å²) in [5, 5.41) is 7.89. The van der Waals surface area contributed by atoms with Crippen molar-refractivity contribution in [2.75, 3.05) is 36.4 Å². The van der Waals surface area contributed by atoms with Crippen LogP contribution in [0.2, 0.25) is 0 Å². The number of nitrogens with one attached hydrogen (secondary N) is 1. The van der Waals surface area contributed by atoms with Crippen molar-refractivity contribution in [2.45, 2.75) is 63.6 Å². The molecule has 3 amide bonds. The van der Waals surface area contributed by atoms with Crippen molar-refractivity contribution in [3.05, 3.63) is 71.7 Å². The Morgan fingerprint density at radius 2 is 1.70 bits per heavy atom. The number of carbonyl (C=O) groups excluding carboxylic acids is 5. The van der Waals surface area contributed by atoms with Gasteiger partial charge in [0.1, 0.15) is 11.6 Å². The van der Waals surface area contributed by atoms with E-state index >= 15 is 0 Å². The number of benzene rings is 1. The summed E-state index contributed by atoms with van der Waals surface area (Å²) in [4.78, 5) is 73.8. The Labute approximate surface area is 266 Å². The van der Waals surface area contributed by atoms with E-state index in [0.29, 0.717) is 25.3 Å². The maximum Gasteiger partial charge on any atom is 0.264 e. The lowest BCUT2D eigenvalue weighted by Gasteiger charge is -2.37. The normalized spacial score (nSPS) is 21.2. The van der Waals surface area contributed by atoms with E-state index in [4.69, 9.17) is 0 Å². The van der Waals surface area contributed by atoms with Gasteiger partial charge in [0.15, 0.2) is 5.78 Å². The van der Waals surface area contributed by atoms with Crippen LogP contribution < -0.4 is 10.2 Å². The van der Waals surface area contributed by atoms with Crippen molar-refractivity contribution < 1.29 is 24.0 Å². The van der Waals surface area contributed by atoms with Crippen LogP contribution in [0.4, 0.5) is 11.5 Å². The predicted molar refractivity (Wildman–Crippen MR) is 168 cm³/mol. The van der Waals surface area contributed by atoms with E-state index in [2.05, 4.69) is 20.3 Å². The van der Waals surface area contributed by atoms with Crippen molar-refractivity contribution in [2.24, 2.45) is 5.92 Å². The molecule has 2 aromatic heterocycles. The Balaban J connectivity index is 0.923. The van der Waals surface area contributed by atoms with Crippen LogP contribution >= 0.6 is 0 Å². The van der Waals surface area contributed by atoms with Gasteiger partial charge in [-0.25, -0.2) is 4.98 Å². The third-order valence-corrected chi connectivity index (χ3v) is 9.80. The molecule has 12 nitrogen and oxygen atoms in total. The Morgan fingerprint density at radius 1 is 0.891 bits per heavy atom. The molecule has 4 aliphatic rings. The topological polar surface area (TPSA) is 138 Å². The Hall–Kier alpha value is -4.87. The minimum atomic E-state index is -0.900. The van der Waals surface area contributed by atoms with Crippen LogP contribution in [0.5, 0.6) is 0 Å². The molecular formula is C34H37N7O5. The number of aromatic nitrogens is 3. The quantitative estimate of drug-likeness (QED) is 0.311. The van der Waals surface area contributed by atoms with Crippen LogP contribution in [0.15, 0.2) is 55.0 Å². The number of fused-ring (bicyclic) bond motifs is 1. The standard InChI is InChI=1S/C34H37N7O5/c42-25-7-8-28(29(43)18-25)41-33(45)26-4-3-5-27(31(26)34(41)46)36-19-22-20-37-40(21-22)24-11-16-39(17-12-24)32(44)23-9-14-38(15-10-23)30-6-1-2-13-35-30/h1-6,13,20-21,23-24,28,36H,7-12,14-19H2. The number of anilines is 2. The lowest BCUT2D eigenvalue weighted by molar-refractivity contribution is -0.137. The van der Waals surface area contributed by atoms with Gasteiger partial charge in [-0.1, -0.05) is 12.1 Å². The molecule has 238 valence electrons. The van der Waals surface area contributed by atoms with Gasteiger partial charge >= 0.3 is 0 Å². The minimum absolute atomic E-state index is 0.0555. The molecule has 3 aromatic rings. The van der Waals surface area contributed by atoms with Crippen LogP contribution in [-0.4, -0.2) is 86.1 Å². The fraction of sp³-hybridized carbons (Fsp3) is 0.441. The van der Waals surface area contributed by atoms with Crippen molar-refractivity contribution in [1.82, 2.24) is 24.6 Å². The van der Waals surface area contributed by atoms with Gasteiger partial charge in [0.05, 0.1) is 35.8 Å². The van der Waals surface area contributed by atoms with Crippen molar-refractivity contribution in [1.29, 1.82) is 0 Å². The number of hydrogen-bond donors (Lipinski definition) is 1. The van der Waals surface area contributed by atoms with Gasteiger partial charge in [-0.2, -0.15) is 5.10 Å². The predicted octanol–water partition coefficient (Wildman–Crippen LogP) is 3.26. The summed E-state index contributed by atoms with van der Waals surface area (Å²) >= 11 is 0. The third-order valence-electron chi connectivity index (χ3n) is 9.80. The van der Waals surface area contributed by atoms with Gasteiger partial charge in [0.2, 0.25) is 5.91 Å². The smallest absolute Gasteiger partial charge is 0.264 e. The summed E-state index contributed by atoms with van der Waals surface area (Å²) in [6.45, 7) is 3.48. The maximum absolute atomic E-state index is 13.4. The molecule has 2 saturated heterocycles. The highest BCUT2D eigenvalue weighted by molar-refractivity contribution is 6.25. The van der Waals surface area contributed by atoms with E-state index < -0.39 is 17.9 Å². The minimum Gasteiger partial charge on any atom is -0.380 e. The van der Waals surface area contributed by atoms with Crippen molar-refractivity contribution in [3.63, 3.8) is 0 Å². The number of imide groups is 1. The monoisotopic (exact) mass is 623 g/mol. The lowest BCUT2D eigenvalue weighted by Crippen LogP contribution is -2.47. The van der Waals surface area contributed by atoms with Crippen molar-refractivity contribution in [3.8, 4) is 0 Å². The third kappa shape index (κ3) is 5.67. The second-order valence-corrected chi connectivity index (χ2v) is 12.6. The molecule has 46 heavy (non-hydrogen) atoms. The van der Waals surface area contributed by atoms with E-state index in [9.17, 15) is 24.0 Å². The van der Waals surface area contributed by atoms with E-state index in [1.54, 1.807) is 30.6 Å². The average molecular weight is 624 g/mol. The first-order valence-corrected chi connectivity index (χ1v) is 16.1. The fourth-order valence-corrected chi connectivity index (χ4v) is 7.24. The van der Waals surface area contributed by atoms with Gasteiger partial charge in [-0.15, -0.1) is 0 Å². The molecule has 7 rings (SSSR count). The molecule has 1 aromatic carbocycles. The van der Waals surface area contributed by atoms with Crippen LogP contribution in [0.3, 0.4) is 0 Å². The van der Waals surface area contributed by atoms with Crippen molar-refractivity contribution >= 4 is 40.8 Å². The van der Waals surface area contributed by atoms with Crippen LogP contribution in [0.1, 0.15) is 77.3 Å². The number of likely N-dealkylation sites (tertiary alicyclic amines) is 1. The van der Waals surface area contributed by atoms with Gasteiger partial charge < -0.3 is 15.1 Å². The number of piperidine rings is 2. The largest absolute Gasteiger partial charge is 0.380 e. The highest BCUT2D eigenvalue weighted by Gasteiger charge is 2.45. The molecule has 1 N–H and O–H groups in total. The van der Waals surface area contributed by atoms with Gasteiger partial charge in [-0.3, -0.25) is 33.6 Å². The Morgan fingerprint density at radius 3 is 2.43 bits per heavy atom. The van der Waals surface area contributed by atoms with Crippen LogP contribution in [0.25, 0.3) is 0 Å². The first kappa shape index (κ1) is 29.8. The summed E-state index contributed by atoms with van der Waals surface area (Å²) in [6, 6.07) is 10.3. The second-order valence-electron chi connectivity index (χ2n) is 12.6. The molecule has 3 aliphatic heterocycles. The zero-order valence-electron chi connectivity index (χ0n) is 25.6. The van der Waals surface area contributed by atoms with Gasteiger partial charge in [0.25, 0.3) is 11.8 Å². The lowest BCUT2D eigenvalue weighted by atomic mass is 9.92. The SMILES string of the molecule is O=C1CCC(N2C(=O)c3cccc(NCc4cnn(C5CCN(C(=O)C6CCN(c7ccccn7)CC6)CC5)c4)c3C2=O)C(=O)C1. The first-order chi connectivity index (χ1) is 22.4. The van der Waals surface area contributed by atoms with Crippen LogP contribution in [-0.2, 0) is 20.9 Å². The average Bonchev–Trinajstić information content (AvgIpc) is 3.67. The summed E-state index contributed by atoms with van der Waals surface area (Å²) < 4.78 is 1.96. The molecule has 3 fully saturated rings. The molecule has 0 radical (unpaired) electrons. The number of ketones is 2. The molecule has 0 spiro atoms. The Bertz CT molecular complexity index is 1670. The number of carbonyl (C=O) groups is 5. The Kier molecular flexibility index (Phi) is 8.10. The van der Waals surface area contributed by atoms with Gasteiger partial charge in [-0.05, 0) is 56.4 Å². The number of hydrogen-bond acceptors (Lipinski definition) is 9. The molecule has 12 heteroatoms. The number of rotatable bonds is 7. The highest BCUT2D eigenvalue weighted by Crippen LogP contribution is 2.34. The van der Waals surface area contributed by atoms with E-state index in [1.165, 1.54) is 0 Å². The molecule has 1 atom stereocenters. The summed E-state index contributed by atoms with van der Waals surface area (Å²) in [5.41, 5.74) is 1.95. The molecule has 1 saturated carbocycles. The fourth-order valence-electron chi connectivity index (χ4n) is 7.24. The number of Topliss-reactive ketones (excluding diaryl/α,β-unsaturated/α-hetero) is 2. The summed E-state index contributed by atoms with van der Waals surface area (Å²) in [5.74, 6) is -0.265. The molecule has 5 heterocycles. The van der Waals surface area contributed by atoms with E-state index in [1.807, 2.05) is 34.0 Å². The van der Waals surface area contributed by atoms with E-state index in [0.717, 1.165) is 55.1 Å². The van der Waals surface area contributed by atoms with Gasteiger partial charge in [0, 0.05) is 68.7 Å². The zero-order valence-corrected chi connectivity index (χ0v) is 25.6. The maximum atomic E-state index is 13.4. The highest BCUT2D eigenvalue weighted by atomic mass is 16.2. The molecule has 0 bridgehead atoms. The zero-order chi connectivity index (χ0) is 31.8. The number of amides is 3. The molecular weight excluding hydrogens is 586 g/mol. The van der Waals surface area contributed by atoms with Crippen LogP contribution in [0, 0.1) is 5.92 Å². The molecule has 1 aliphatic carbocycles. The second kappa shape index (κ2) is 12.5. The summed E-state index contributed by atoms with van der Waals surface area (Å²) in [6.07, 6.45) is 9.04. The number of nitrogens with zero attached hydrogens (tertiary/aromatic N) is 6. The summed E-state index contributed by atoms with van der Waals surface area (Å²) in [7, 11) is 0. The first-order valence-electron chi connectivity index (χ1n) is 16.1. The molecule has 1 unspecified atom stereocenters. The van der Waals surface area contributed by atoms with E-state index in [-0.39, 0.29) is 59.8 Å². The number of pyridine rings is 1.